The van der Waals surface area contributed by atoms with Crippen LogP contribution in [0.15, 0.2) is 0 Å². The molecule has 0 aromatic carbocycles. The second-order valence-electron chi connectivity index (χ2n) is 1.47. The molecule has 5 heteroatoms. The van der Waals surface area contributed by atoms with Gasteiger partial charge in [-0.05, 0) is 0 Å². The fraction of sp³-hybridized carbons (Fsp3) is 0.750. The molecule has 0 fully saturated rings. The fourth-order valence-electron chi connectivity index (χ4n) is 0.256. The highest BCUT2D eigenvalue weighted by Crippen LogP contribution is 1.85. The van der Waals surface area contributed by atoms with Crippen molar-refractivity contribution >= 4 is 6.29 Å². The van der Waals surface area contributed by atoms with Crippen LogP contribution in [0.25, 0.3) is 0 Å². The topological polar surface area (TPSA) is 95.1 Å². The molecule has 0 spiro atoms. The summed E-state index contributed by atoms with van der Waals surface area (Å²) in [5.74, 6) is 0. The summed E-state index contributed by atoms with van der Waals surface area (Å²) in [4.78, 5) is 0. The predicted octanol–water partition coefficient (Wildman–Crippen LogP) is -3.29. The number of hydrogen-bond donors (Lipinski definition) is 3. The molecule has 0 heterocycles. The molecule has 5 nitrogen and oxygen atoms in total. The minimum absolute atomic E-state index is 0.487. The van der Waals surface area contributed by atoms with E-state index in [2.05, 4.69) is 4.58 Å². The number of carbonyl (C=O) groups excluding carboxylic acids is 1. The second kappa shape index (κ2) is 4.25. The Bertz CT molecular complexity index is 91.0. The van der Waals surface area contributed by atoms with E-state index in [1.54, 1.807) is 0 Å². The molecule has 3 N–H and O–H groups in total. The van der Waals surface area contributed by atoms with Crippen LogP contribution in [0.2, 0.25) is 0 Å². The molecule has 0 bridgehead atoms. The zero-order chi connectivity index (χ0) is 7.28. The molecule has 0 rings (SSSR count). The molecule has 0 saturated carbocycles. The molecule has 2 atom stereocenters. The van der Waals surface area contributed by atoms with E-state index in [9.17, 15) is 5.26 Å². The van der Waals surface area contributed by atoms with E-state index in [4.69, 9.17) is 15.3 Å². The van der Waals surface area contributed by atoms with Crippen molar-refractivity contribution in [1.29, 1.82) is 0 Å². The van der Waals surface area contributed by atoms with Gasteiger partial charge in [-0.15, -0.1) is 0 Å². The molecule has 0 radical (unpaired) electrons. The first-order valence-corrected chi connectivity index (χ1v) is 2.31. The van der Waals surface area contributed by atoms with E-state index >= 15 is 0 Å². The summed E-state index contributed by atoms with van der Waals surface area (Å²) < 4.78 is 3.13. The summed E-state index contributed by atoms with van der Waals surface area (Å²) in [6.45, 7) is -0.610. The van der Waals surface area contributed by atoms with Gasteiger partial charge in [0.25, 0.3) is 0 Å². The van der Waals surface area contributed by atoms with Crippen LogP contribution in [0.4, 0.5) is 0 Å². The summed E-state index contributed by atoms with van der Waals surface area (Å²) >= 11 is 0. The lowest BCUT2D eigenvalue weighted by Crippen LogP contribution is -2.31. The monoisotopic (exact) mass is 136 g/mol. The Morgan fingerprint density at radius 1 is 1.56 bits per heavy atom. The smallest absolute Gasteiger partial charge is 0.349 e. The van der Waals surface area contributed by atoms with Gasteiger partial charge in [0.15, 0.2) is 6.10 Å². The molecule has 9 heavy (non-hydrogen) atoms. The molecular weight excluding hydrogens is 128 g/mol. The summed E-state index contributed by atoms with van der Waals surface area (Å²) in [7, 11) is 0. The van der Waals surface area contributed by atoms with Gasteiger partial charge in [0, 0.05) is 0 Å². The highest BCUT2D eigenvalue weighted by molar-refractivity contribution is 5.56. The largest absolute Gasteiger partial charge is 0.463 e. The summed E-state index contributed by atoms with van der Waals surface area (Å²) in [6, 6.07) is 0. The summed E-state index contributed by atoms with van der Waals surface area (Å²) in [5.41, 5.74) is 0. The first kappa shape index (κ1) is 8.35. The number of rotatable bonds is 3. The van der Waals surface area contributed by atoms with Crippen LogP contribution >= 0.6 is 0 Å². The van der Waals surface area contributed by atoms with E-state index in [1.165, 1.54) is 0 Å². The van der Waals surface area contributed by atoms with Crippen LogP contribution in [0.3, 0.4) is 0 Å². The van der Waals surface area contributed by atoms with Crippen molar-refractivity contribution in [3.63, 3.8) is 0 Å². The van der Waals surface area contributed by atoms with Gasteiger partial charge >= 0.3 is 6.29 Å². The molecule has 0 aromatic rings. The first-order chi connectivity index (χ1) is 4.22. The van der Waals surface area contributed by atoms with Crippen molar-refractivity contribution < 1.29 is 25.2 Å². The molecule has 0 aliphatic heterocycles. The molecule has 0 saturated heterocycles. The number of aldehydes is 1. The van der Waals surface area contributed by atoms with E-state index in [0.717, 1.165) is 0 Å². The standard InChI is InChI=1S/C4H8O5/c5-1-3(6)4(7)2-9-8/h2-7H,1H2/t3-,4+/m1/s1. The van der Waals surface area contributed by atoms with Gasteiger partial charge in [-0.25, -0.2) is 0 Å². The first-order valence-electron chi connectivity index (χ1n) is 2.31. The van der Waals surface area contributed by atoms with Crippen LogP contribution in [0.1, 0.15) is 0 Å². The molecule has 0 unspecified atom stereocenters. The number of aliphatic hydroxyl groups is 3. The van der Waals surface area contributed by atoms with Crippen molar-refractivity contribution in [1.82, 2.24) is 0 Å². The van der Waals surface area contributed by atoms with Crippen molar-refractivity contribution in [3.05, 3.63) is 0 Å². The average Bonchev–Trinajstić information content (AvgIpc) is 1.87. The molecule has 0 aliphatic rings. The highest BCUT2D eigenvalue weighted by Gasteiger charge is 2.17. The van der Waals surface area contributed by atoms with E-state index < -0.39 is 18.8 Å². The van der Waals surface area contributed by atoms with Gasteiger partial charge in [0.2, 0.25) is 0 Å². The lowest BCUT2D eigenvalue weighted by Gasteiger charge is -2.04. The summed E-state index contributed by atoms with van der Waals surface area (Å²) in [5, 5.41) is 34.4. The number of aliphatic hydroxyl groups excluding tert-OH is 3. The minimum atomic E-state index is -1.42. The van der Waals surface area contributed by atoms with Crippen LogP contribution in [-0.2, 0) is 4.58 Å². The van der Waals surface area contributed by atoms with Crippen LogP contribution in [-0.4, -0.2) is 40.4 Å². The zero-order valence-electron chi connectivity index (χ0n) is 4.60. The average molecular weight is 136 g/mol. The zero-order valence-corrected chi connectivity index (χ0v) is 4.60. The Morgan fingerprint density at radius 2 is 2.11 bits per heavy atom. The van der Waals surface area contributed by atoms with Gasteiger partial charge in [-0.3, -0.25) is 0 Å². The van der Waals surface area contributed by atoms with Crippen molar-refractivity contribution in [2.45, 2.75) is 12.2 Å². The molecule has 0 aliphatic carbocycles. The lowest BCUT2D eigenvalue weighted by molar-refractivity contribution is -1.04. The van der Waals surface area contributed by atoms with Gasteiger partial charge in [0.1, 0.15) is 6.10 Å². The Kier molecular flexibility index (Phi) is 3.94. The predicted molar refractivity (Wildman–Crippen MR) is 25.2 cm³/mol. The van der Waals surface area contributed by atoms with Crippen molar-refractivity contribution in [2.24, 2.45) is 0 Å². The Labute approximate surface area is 51.4 Å². The Morgan fingerprint density at radius 3 is 2.44 bits per heavy atom. The van der Waals surface area contributed by atoms with Crippen molar-refractivity contribution in [2.75, 3.05) is 6.61 Å². The van der Waals surface area contributed by atoms with Gasteiger partial charge < -0.3 is 20.6 Å². The van der Waals surface area contributed by atoms with Gasteiger partial charge in [0.05, 0.1) is 6.61 Å². The minimum Gasteiger partial charge on any atom is -0.463 e. The van der Waals surface area contributed by atoms with Crippen LogP contribution in [0.5, 0.6) is 0 Å². The van der Waals surface area contributed by atoms with Crippen LogP contribution in [0, 0.1) is 0 Å². The normalized spacial score (nSPS) is 18.1. The fourth-order valence-corrected chi connectivity index (χ4v) is 0.256. The third-order valence-corrected chi connectivity index (χ3v) is 0.776. The van der Waals surface area contributed by atoms with E-state index in [-0.39, 0.29) is 0 Å². The highest BCUT2D eigenvalue weighted by atomic mass is 17.1. The third kappa shape index (κ3) is 3.02. The SMILES string of the molecule is [O-][O+]=C[C@H](O)[C@H](O)CO. The molecule has 0 amide bonds. The maximum absolute atomic E-state index is 9.25. The quantitative estimate of drug-likeness (QED) is 0.164. The van der Waals surface area contributed by atoms with E-state index in [1.807, 2.05) is 0 Å². The van der Waals surface area contributed by atoms with Crippen molar-refractivity contribution in [3.8, 4) is 0 Å². The molecular formula is C4H8O5. The third-order valence-electron chi connectivity index (χ3n) is 0.776. The Balaban J connectivity index is 3.58. The second-order valence-corrected chi connectivity index (χ2v) is 1.47. The maximum atomic E-state index is 9.25. The van der Waals surface area contributed by atoms with E-state index in [0.29, 0.717) is 6.29 Å². The Hall–Kier alpha value is -0.650. The lowest BCUT2D eigenvalue weighted by atomic mass is 10.2. The van der Waals surface area contributed by atoms with Crippen LogP contribution < -0.4 is 5.26 Å². The van der Waals surface area contributed by atoms with Gasteiger partial charge in [-0.1, -0.05) is 0 Å². The summed E-state index contributed by atoms with van der Waals surface area (Å²) in [6.07, 6.45) is -2.28. The maximum Gasteiger partial charge on any atom is 0.349 e. The molecule has 0 aromatic heterocycles. The van der Waals surface area contributed by atoms with Gasteiger partial charge in [-0.2, -0.15) is 4.58 Å². The molecule has 54 valence electrons. The number of hydrogen-bond acceptors (Lipinski definition) is 4.